The summed E-state index contributed by atoms with van der Waals surface area (Å²) in [6, 6.07) is 11.0. The molecule has 2 aromatic carbocycles. The Morgan fingerprint density at radius 1 is 1.21 bits per heavy atom. The maximum absolute atomic E-state index is 13.6. The molecule has 2 aromatic rings. The third-order valence-electron chi connectivity index (χ3n) is 3.00. The monoisotopic (exact) mass is 389 g/mol. The number of aryl methyl sites for hydroxylation is 1. The lowest BCUT2D eigenvalue weighted by molar-refractivity contribution is 0.614. The van der Waals surface area contributed by atoms with Crippen molar-refractivity contribution in [1.82, 2.24) is 0 Å². The van der Waals surface area contributed by atoms with Gasteiger partial charge in [-0.05, 0) is 71.8 Å². The molecule has 0 aliphatic rings. The van der Waals surface area contributed by atoms with Crippen molar-refractivity contribution in [1.29, 1.82) is 0 Å². The van der Waals surface area contributed by atoms with E-state index < -0.39 is 0 Å². The normalized spacial score (nSPS) is 12.3. The Morgan fingerprint density at radius 2 is 1.95 bits per heavy atom. The molecule has 1 unspecified atom stereocenters. The van der Waals surface area contributed by atoms with Gasteiger partial charge in [-0.2, -0.15) is 0 Å². The molecule has 4 heteroatoms. The van der Waals surface area contributed by atoms with E-state index in [-0.39, 0.29) is 11.9 Å². The minimum Gasteiger partial charge on any atom is -0.378 e. The van der Waals surface area contributed by atoms with Crippen LogP contribution in [0.2, 0.25) is 5.02 Å². The zero-order valence-electron chi connectivity index (χ0n) is 10.7. The van der Waals surface area contributed by atoms with Crippen LogP contribution < -0.4 is 5.32 Å². The number of hydrogen-bond acceptors (Lipinski definition) is 1. The van der Waals surface area contributed by atoms with Gasteiger partial charge in [0.15, 0.2) is 0 Å². The second-order valence-electron chi connectivity index (χ2n) is 4.50. The summed E-state index contributed by atoms with van der Waals surface area (Å²) in [5.74, 6) is -0.169. The lowest BCUT2D eigenvalue weighted by Gasteiger charge is -2.17. The fourth-order valence-electron chi connectivity index (χ4n) is 1.80. The minimum absolute atomic E-state index is 0.0322. The summed E-state index contributed by atoms with van der Waals surface area (Å²) in [4.78, 5) is 0. The molecule has 0 saturated carbocycles. The van der Waals surface area contributed by atoms with E-state index in [4.69, 9.17) is 11.6 Å². The molecule has 1 nitrogen and oxygen atoms in total. The molecule has 0 spiro atoms. The quantitative estimate of drug-likeness (QED) is 0.677. The number of anilines is 1. The van der Waals surface area contributed by atoms with E-state index in [0.29, 0.717) is 10.6 Å². The Balaban J connectivity index is 2.20. The summed E-state index contributed by atoms with van der Waals surface area (Å²) in [6.07, 6.45) is 0. The molecular formula is C15H14ClFIN. The van der Waals surface area contributed by atoms with Crippen molar-refractivity contribution in [2.75, 3.05) is 5.32 Å². The predicted molar refractivity (Wildman–Crippen MR) is 87.3 cm³/mol. The zero-order valence-corrected chi connectivity index (χ0v) is 13.6. The molecule has 0 heterocycles. The predicted octanol–water partition coefficient (Wildman–Crippen LogP) is 5.57. The molecule has 19 heavy (non-hydrogen) atoms. The highest BCUT2D eigenvalue weighted by atomic mass is 127. The number of hydrogen-bond donors (Lipinski definition) is 1. The van der Waals surface area contributed by atoms with E-state index >= 15 is 0 Å². The van der Waals surface area contributed by atoms with Crippen molar-refractivity contribution in [2.45, 2.75) is 19.9 Å². The van der Waals surface area contributed by atoms with Gasteiger partial charge in [-0.3, -0.25) is 0 Å². The van der Waals surface area contributed by atoms with Crippen molar-refractivity contribution < 1.29 is 4.39 Å². The van der Waals surface area contributed by atoms with Gasteiger partial charge in [-0.1, -0.05) is 23.7 Å². The van der Waals surface area contributed by atoms with Gasteiger partial charge < -0.3 is 5.32 Å². The first-order valence-corrected chi connectivity index (χ1v) is 7.40. The fraction of sp³-hybridized carbons (Fsp3) is 0.200. The lowest BCUT2D eigenvalue weighted by atomic mass is 10.1. The van der Waals surface area contributed by atoms with Gasteiger partial charge in [-0.15, -0.1) is 0 Å². The molecule has 0 aromatic heterocycles. The summed E-state index contributed by atoms with van der Waals surface area (Å²) >= 11 is 8.16. The van der Waals surface area contributed by atoms with E-state index in [2.05, 4.69) is 27.9 Å². The first kappa shape index (κ1) is 14.6. The van der Waals surface area contributed by atoms with Gasteiger partial charge in [0, 0.05) is 20.3 Å². The molecule has 1 N–H and O–H groups in total. The van der Waals surface area contributed by atoms with E-state index in [0.717, 1.165) is 14.8 Å². The topological polar surface area (TPSA) is 12.0 Å². The van der Waals surface area contributed by atoms with Gasteiger partial charge >= 0.3 is 0 Å². The van der Waals surface area contributed by atoms with Gasteiger partial charge in [0.2, 0.25) is 0 Å². The van der Waals surface area contributed by atoms with E-state index in [1.165, 1.54) is 0 Å². The smallest absolute Gasteiger partial charge is 0.126 e. The highest BCUT2D eigenvalue weighted by Crippen LogP contribution is 2.26. The van der Waals surface area contributed by atoms with Crippen LogP contribution in [0.15, 0.2) is 36.4 Å². The molecule has 1 atom stereocenters. The first-order chi connectivity index (χ1) is 8.97. The van der Waals surface area contributed by atoms with Gasteiger partial charge in [0.25, 0.3) is 0 Å². The molecule has 100 valence electrons. The Kier molecular flexibility index (Phi) is 4.68. The Hall–Kier alpha value is -0.810. The van der Waals surface area contributed by atoms with Crippen LogP contribution in [-0.4, -0.2) is 0 Å². The van der Waals surface area contributed by atoms with Crippen molar-refractivity contribution in [3.8, 4) is 0 Å². The highest BCUT2D eigenvalue weighted by molar-refractivity contribution is 14.1. The van der Waals surface area contributed by atoms with E-state index in [1.807, 2.05) is 31.2 Å². The largest absolute Gasteiger partial charge is 0.378 e. The van der Waals surface area contributed by atoms with Crippen LogP contribution in [0.4, 0.5) is 10.1 Å². The van der Waals surface area contributed by atoms with Gasteiger partial charge in [0.1, 0.15) is 5.82 Å². The maximum Gasteiger partial charge on any atom is 0.126 e. The maximum atomic E-state index is 13.6. The number of halogens is 3. The summed E-state index contributed by atoms with van der Waals surface area (Å²) < 4.78 is 14.6. The molecule has 0 saturated heterocycles. The second-order valence-corrected chi connectivity index (χ2v) is 6.10. The van der Waals surface area contributed by atoms with Crippen LogP contribution in [0.5, 0.6) is 0 Å². The second kappa shape index (κ2) is 6.09. The van der Waals surface area contributed by atoms with Crippen LogP contribution in [0, 0.1) is 16.3 Å². The van der Waals surface area contributed by atoms with Crippen LogP contribution in [0.25, 0.3) is 0 Å². The Labute approximate surface area is 131 Å². The summed E-state index contributed by atoms with van der Waals surface area (Å²) in [7, 11) is 0. The molecular weight excluding hydrogens is 376 g/mol. The molecule has 0 aliphatic heterocycles. The summed E-state index contributed by atoms with van der Waals surface area (Å²) in [6.45, 7) is 3.77. The summed E-state index contributed by atoms with van der Waals surface area (Å²) in [5, 5.41) is 4.08. The zero-order chi connectivity index (χ0) is 14.0. The van der Waals surface area contributed by atoms with E-state index in [9.17, 15) is 4.39 Å². The standard InChI is InChI=1S/C15H14ClFIN/c1-9-3-4-11(7-13(9)17)10(2)19-15-6-5-12(16)8-14(15)18/h3-8,10,19H,1-2H3. The lowest BCUT2D eigenvalue weighted by Crippen LogP contribution is -2.08. The van der Waals surface area contributed by atoms with Crippen LogP contribution in [-0.2, 0) is 0 Å². The summed E-state index contributed by atoms with van der Waals surface area (Å²) in [5.41, 5.74) is 2.59. The number of nitrogens with one attached hydrogen (secondary N) is 1. The van der Waals surface area contributed by atoms with Gasteiger partial charge in [-0.25, -0.2) is 4.39 Å². The van der Waals surface area contributed by atoms with Crippen molar-refractivity contribution in [3.05, 3.63) is 61.9 Å². The van der Waals surface area contributed by atoms with Crippen LogP contribution in [0.1, 0.15) is 24.1 Å². The van der Waals surface area contributed by atoms with Crippen LogP contribution in [0.3, 0.4) is 0 Å². The number of rotatable bonds is 3. The molecule has 2 rings (SSSR count). The molecule has 0 radical (unpaired) electrons. The highest BCUT2D eigenvalue weighted by Gasteiger charge is 2.09. The third kappa shape index (κ3) is 3.60. The minimum atomic E-state index is -0.169. The van der Waals surface area contributed by atoms with Crippen molar-refractivity contribution in [3.63, 3.8) is 0 Å². The molecule has 0 aliphatic carbocycles. The fourth-order valence-corrected chi connectivity index (χ4v) is 2.83. The number of benzene rings is 2. The van der Waals surface area contributed by atoms with Crippen molar-refractivity contribution >= 4 is 39.9 Å². The average Bonchev–Trinajstić information content (AvgIpc) is 2.36. The van der Waals surface area contributed by atoms with Crippen molar-refractivity contribution in [2.24, 2.45) is 0 Å². The Morgan fingerprint density at radius 3 is 2.58 bits per heavy atom. The SMILES string of the molecule is Cc1ccc(C(C)Nc2ccc(Cl)cc2I)cc1F. The molecule has 0 amide bonds. The van der Waals surface area contributed by atoms with Gasteiger partial charge in [0.05, 0.1) is 0 Å². The Bertz CT molecular complexity index is 601. The third-order valence-corrected chi connectivity index (χ3v) is 4.13. The van der Waals surface area contributed by atoms with Crippen LogP contribution >= 0.6 is 34.2 Å². The average molecular weight is 390 g/mol. The first-order valence-electron chi connectivity index (χ1n) is 5.95. The molecule has 0 fully saturated rings. The molecule has 0 bridgehead atoms. The van der Waals surface area contributed by atoms with E-state index in [1.54, 1.807) is 19.1 Å².